The lowest BCUT2D eigenvalue weighted by Gasteiger charge is -2.34. The molecule has 2 rings (SSSR count). The zero-order valence-electron chi connectivity index (χ0n) is 11.3. The minimum atomic E-state index is -0.353. The highest BCUT2D eigenvalue weighted by Crippen LogP contribution is 2.20. The molecular weight excluding hydrogens is 230 g/mol. The fraction of sp³-hybridized carbons (Fsp3) is 0.929. The van der Waals surface area contributed by atoms with Crippen molar-refractivity contribution in [2.24, 2.45) is 5.92 Å². The minimum Gasteiger partial charge on any atom is -0.391 e. The molecule has 0 saturated carbocycles. The topological polar surface area (TPSA) is 49.8 Å². The first kappa shape index (κ1) is 13.8. The van der Waals surface area contributed by atoms with E-state index in [-0.39, 0.29) is 18.1 Å². The number of β-amino-alcohol motifs (C(OH)–C–C–N with tert-alkyl or cyclic N) is 1. The van der Waals surface area contributed by atoms with Crippen LogP contribution in [0.5, 0.6) is 0 Å². The summed E-state index contributed by atoms with van der Waals surface area (Å²) in [4.78, 5) is 13.9. The van der Waals surface area contributed by atoms with Gasteiger partial charge in [0.15, 0.2) is 0 Å². The number of carbonyl (C=O) groups excluding carboxylic acids is 1. The van der Waals surface area contributed by atoms with Crippen LogP contribution in [0.4, 0.5) is 0 Å². The third kappa shape index (κ3) is 3.69. The second kappa shape index (κ2) is 6.53. The Labute approximate surface area is 109 Å². The molecule has 3 unspecified atom stereocenters. The molecule has 2 saturated heterocycles. The molecule has 0 aromatic rings. The molecule has 4 heteroatoms. The van der Waals surface area contributed by atoms with Gasteiger partial charge in [-0.3, -0.25) is 4.79 Å². The molecule has 104 valence electrons. The van der Waals surface area contributed by atoms with E-state index < -0.39 is 0 Å². The molecule has 0 aromatic carbocycles. The Hall–Kier alpha value is -0.610. The van der Waals surface area contributed by atoms with Gasteiger partial charge in [0, 0.05) is 26.1 Å². The van der Waals surface area contributed by atoms with Crippen LogP contribution in [-0.2, 0) is 9.53 Å². The highest BCUT2D eigenvalue weighted by Gasteiger charge is 2.27. The normalized spacial score (nSPS) is 33.4. The van der Waals surface area contributed by atoms with E-state index in [1.54, 1.807) is 0 Å². The number of carbonyl (C=O) groups is 1. The molecule has 0 aromatic heterocycles. The van der Waals surface area contributed by atoms with Crippen LogP contribution in [0.2, 0.25) is 0 Å². The zero-order chi connectivity index (χ0) is 13.0. The van der Waals surface area contributed by atoms with E-state index in [4.69, 9.17) is 4.74 Å². The van der Waals surface area contributed by atoms with Gasteiger partial charge in [0.2, 0.25) is 5.91 Å². The van der Waals surface area contributed by atoms with Crippen molar-refractivity contribution in [1.82, 2.24) is 4.90 Å². The maximum atomic E-state index is 12.1. The van der Waals surface area contributed by atoms with E-state index in [9.17, 15) is 9.90 Å². The number of rotatable bonds is 3. The molecular formula is C14H25NO3. The van der Waals surface area contributed by atoms with Gasteiger partial charge < -0.3 is 14.7 Å². The average molecular weight is 255 g/mol. The highest BCUT2D eigenvalue weighted by atomic mass is 16.5. The minimum absolute atomic E-state index is 0.176. The summed E-state index contributed by atoms with van der Waals surface area (Å²) < 4.78 is 5.63. The number of piperidine rings is 1. The van der Waals surface area contributed by atoms with E-state index in [0.29, 0.717) is 18.9 Å². The van der Waals surface area contributed by atoms with Crippen molar-refractivity contribution >= 4 is 5.91 Å². The molecule has 0 radical (unpaired) electrons. The van der Waals surface area contributed by atoms with Crippen LogP contribution in [0, 0.1) is 5.92 Å². The van der Waals surface area contributed by atoms with E-state index in [2.05, 4.69) is 0 Å². The molecule has 3 atom stereocenters. The molecule has 1 amide bonds. The zero-order valence-corrected chi connectivity index (χ0v) is 11.3. The number of hydrogen-bond acceptors (Lipinski definition) is 3. The van der Waals surface area contributed by atoms with Gasteiger partial charge in [-0.15, -0.1) is 0 Å². The molecule has 0 spiro atoms. The molecule has 18 heavy (non-hydrogen) atoms. The van der Waals surface area contributed by atoms with Gasteiger partial charge in [-0.25, -0.2) is 0 Å². The van der Waals surface area contributed by atoms with Crippen LogP contribution < -0.4 is 0 Å². The summed E-state index contributed by atoms with van der Waals surface area (Å²) >= 11 is 0. The fourth-order valence-corrected chi connectivity index (χ4v) is 2.75. The Bertz CT molecular complexity index is 276. The molecule has 2 fully saturated rings. The van der Waals surface area contributed by atoms with Crippen molar-refractivity contribution in [3.8, 4) is 0 Å². The molecule has 1 N–H and O–H groups in total. The predicted octanol–water partition coefficient (Wildman–Crippen LogP) is 1.56. The summed E-state index contributed by atoms with van der Waals surface area (Å²) in [6.45, 7) is 4.19. The predicted molar refractivity (Wildman–Crippen MR) is 69.2 cm³/mol. The number of amides is 1. The average Bonchev–Trinajstić information content (AvgIpc) is 2.40. The quantitative estimate of drug-likeness (QED) is 0.832. The Kier molecular flexibility index (Phi) is 5.01. The molecule has 0 aliphatic carbocycles. The number of ether oxygens (including phenoxy) is 1. The van der Waals surface area contributed by atoms with Crippen molar-refractivity contribution in [2.75, 3.05) is 19.7 Å². The highest BCUT2D eigenvalue weighted by molar-refractivity contribution is 5.76. The van der Waals surface area contributed by atoms with Crippen LogP contribution in [-0.4, -0.2) is 47.8 Å². The lowest BCUT2D eigenvalue weighted by atomic mass is 9.95. The number of aliphatic hydroxyl groups is 1. The lowest BCUT2D eigenvalue weighted by molar-refractivity contribution is -0.136. The Morgan fingerprint density at radius 2 is 2.22 bits per heavy atom. The van der Waals surface area contributed by atoms with E-state index in [1.165, 1.54) is 6.42 Å². The van der Waals surface area contributed by atoms with Gasteiger partial charge >= 0.3 is 0 Å². The van der Waals surface area contributed by atoms with Gasteiger partial charge in [-0.1, -0.05) is 6.92 Å². The second-order valence-corrected chi connectivity index (χ2v) is 5.70. The molecule has 2 heterocycles. The standard InChI is InChI=1S/C14H25NO3/c1-11-7-8-15(10-13(11)16)14(17)6-5-12-4-2-3-9-18-12/h11-13,16H,2-10H2,1H3. The maximum Gasteiger partial charge on any atom is 0.222 e. The van der Waals surface area contributed by atoms with Crippen LogP contribution >= 0.6 is 0 Å². The first-order chi connectivity index (χ1) is 8.66. The molecule has 2 aliphatic heterocycles. The number of nitrogens with zero attached hydrogens (tertiary/aromatic N) is 1. The summed E-state index contributed by atoms with van der Waals surface area (Å²) in [5.41, 5.74) is 0. The maximum absolute atomic E-state index is 12.1. The monoisotopic (exact) mass is 255 g/mol. The largest absolute Gasteiger partial charge is 0.391 e. The van der Waals surface area contributed by atoms with Gasteiger partial charge in [-0.2, -0.15) is 0 Å². The molecule has 4 nitrogen and oxygen atoms in total. The summed E-state index contributed by atoms with van der Waals surface area (Å²) in [6.07, 6.45) is 5.69. The van der Waals surface area contributed by atoms with Crippen molar-refractivity contribution in [2.45, 2.75) is 57.7 Å². The van der Waals surface area contributed by atoms with Crippen LogP contribution in [0.25, 0.3) is 0 Å². The van der Waals surface area contributed by atoms with Crippen molar-refractivity contribution in [3.63, 3.8) is 0 Å². The Balaban J connectivity index is 1.70. The van der Waals surface area contributed by atoms with Crippen molar-refractivity contribution < 1.29 is 14.6 Å². The molecule has 2 aliphatic rings. The summed E-state index contributed by atoms with van der Waals surface area (Å²) in [5.74, 6) is 0.492. The first-order valence-corrected chi connectivity index (χ1v) is 7.24. The number of aliphatic hydroxyl groups excluding tert-OH is 1. The lowest BCUT2D eigenvalue weighted by Crippen LogP contribution is -2.46. The summed E-state index contributed by atoms with van der Waals surface area (Å²) in [6, 6.07) is 0. The van der Waals surface area contributed by atoms with Gasteiger partial charge in [-0.05, 0) is 38.0 Å². The van der Waals surface area contributed by atoms with Crippen LogP contribution in [0.3, 0.4) is 0 Å². The second-order valence-electron chi connectivity index (χ2n) is 5.70. The van der Waals surface area contributed by atoms with Crippen molar-refractivity contribution in [1.29, 1.82) is 0 Å². The fourth-order valence-electron chi connectivity index (χ4n) is 2.75. The Morgan fingerprint density at radius 1 is 1.39 bits per heavy atom. The van der Waals surface area contributed by atoms with E-state index in [1.807, 2.05) is 11.8 Å². The van der Waals surface area contributed by atoms with Crippen LogP contribution in [0.1, 0.15) is 45.4 Å². The SMILES string of the molecule is CC1CCN(C(=O)CCC2CCCCO2)CC1O. The third-order valence-corrected chi connectivity index (χ3v) is 4.23. The summed E-state index contributed by atoms with van der Waals surface area (Å²) in [7, 11) is 0. The number of hydrogen-bond donors (Lipinski definition) is 1. The summed E-state index contributed by atoms with van der Waals surface area (Å²) in [5, 5.41) is 9.80. The Morgan fingerprint density at radius 3 is 2.89 bits per heavy atom. The smallest absolute Gasteiger partial charge is 0.222 e. The van der Waals surface area contributed by atoms with E-state index >= 15 is 0 Å². The van der Waals surface area contributed by atoms with Gasteiger partial charge in [0.25, 0.3) is 0 Å². The van der Waals surface area contributed by atoms with Crippen LogP contribution in [0.15, 0.2) is 0 Å². The van der Waals surface area contributed by atoms with E-state index in [0.717, 1.165) is 38.8 Å². The third-order valence-electron chi connectivity index (χ3n) is 4.23. The first-order valence-electron chi connectivity index (χ1n) is 7.24. The molecule has 0 bridgehead atoms. The van der Waals surface area contributed by atoms with Gasteiger partial charge in [0.1, 0.15) is 0 Å². The number of likely N-dealkylation sites (tertiary alicyclic amines) is 1. The van der Waals surface area contributed by atoms with Gasteiger partial charge in [0.05, 0.1) is 12.2 Å². The van der Waals surface area contributed by atoms with Crippen molar-refractivity contribution in [3.05, 3.63) is 0 Å².